The number of hydrogen-bond donors (Lipinski definition) is 0. The van der Waals surface area contributed by atoms with Crippen LogP contribution < -0.4 is 4.90 Å². The van der Waals surface area contributed by atoms with Crippen LogP contribution in [0.1, 0.15) is 33.6 Å². The molecule has 4 nitrogen and oxygen atoms in total. The molecule has 2 fully saturated rings. The molecule has 0 aromatic heterocycles. The number of ether oxygens (including phenoxy) is 1. The molecule has 4 heteroatoms. The summed E-state index contributed by atoms with van der Waals surface area (Å²) >= 11 is 0. The van der Waals surface area contributed by atoms with E-state index in [-0.39, 0.29) is 11.9 Å². The Morgan fingerprint density at radius 1 is 0.885 bits per heavy atom. The fourth-order valence-corrected chi connectivity index (χ4v) is 4.44. The van der Waals surface area contributed by atoms with Crippen molar-refractivity contribution in [2.75, 3.05) is 4.90 Å². The second kappa shape index (κ2) is 5.44. The molecule has 2 aliphatic rings. The zero-order chi connectivity index (χ0) is 18.6. The highest BCUT2D eigenvalue weighted by Crippen LogP contribution is 2.66. The Labute approximate surface area is 153 Å². The Kier molecular flexibility index (Phi) is 3.52. The summed E-state index contributed by atoms with van der Waals surface area (Å²) in [7, 11) is 0. The third kappa shape index (κ3) is 1.96. The lowest BCUT2D eigenvalue weighted by atomic mass is 9.66. The summed E-state index contributed by atoms with van der Waals surface area (Å²) in [6.45, 7) is 5.89. The summed E-state index contributed by atoms with van der Waals surface area (Å²) in [6.07, 6.45) is 1.22. The second-order valence-corrected chi connectivity index (χ2v) is 7.99. The zero-order valence-electron chi connectivity index (χ0n) is 15.4. The van der Waals surface area contributed by atoms with E-state index in [1.54, 1.807) is 4.90 Å². The van der Waals surface area contributed by atoms with Gasteiger partial charge in [-0.2, -0.15) is 0 Å². The van der Waals surface area contributed by atoms with Gasteiger partial charge >= 0.3 is 5.97 Å². The van der Waals surface area contributed by atoms with Crippen molar-refractivity contribution in [3.05, 3.63) is 60.7 Å². The molecule has 1 aliphatic heterocycles. The van der Waals surface area contributed by atoms with Crippen LogP contribution in [-0.2, 0) is 14.3 Å². The highest BCUT2D eigenvalue weighted by molar-refractivity contribution is 6.09. The first kappa shape index (κ1) is 16.8. The monoisotopic (exact) mass is 349 g/mol. The molecule has 2 bridgehead atoms. The van der Waals surface area contributed by atoms with Gasteiger partial charge in [-0.1, -0.05) is 50.2 Å². The minimum Gasteiger partial charge on any atom is -0.448 e. The highest BCUT2D eigenvalue weighted by atomic mass is 16.6. The van der Waals surface area contributed by atoms with Gasteiger partial charge < -0.3 is 4.74 Å². The lowest BCUT2D eigenvalue weighted by Crippen LogP contribution is -2.53. The molecule has 1 amide bonds. The van der Waals surface area contributed by atoms with Gasteiger partial charge in [0.1, 0.15) is 0 Å². The molecule has 134 valence electrons. The number of anilines is 2. The van der Waals surface area contributed by atoms with E-state index in [2.05, 4.69) is 0 Å². The van der Waals surface area contributed by atoms with Crippen LogP contribution in [0.4, 0.5) is 11.4 Å². The largest absolute Gasteiger partial charge is 0.448 e. The van der Waals surface area contributed by atoms with Gasteiger partial charge in [0.15, 0.2) is 5.60 Å². The summed E-state index contributed by atoms with van der Waals surface area (Å²) in [4.78, 5) is 28.2. The number of para-hydroxylation sites is 2. The summed E-state index contributed by atoms with van der Waals surface area (Å²) in [6, 6.07) is 19.1. The average Bonchev–Trinajstić information content (AvgIpc) is 2.94. The molecule has 4 rings (SSSR count). The van der Waals surface area contributed by atoms with Crippen molar-refractivity contribution in [1.29, 1.82) is 0 Å². The van der Waals surface area contributed by atoms with E-state index in [0.29, 0.717) is 12.8 Å². The minimum absolute atomic E-state index is 0.172. The molecular formula is C22H23NO3. The lowest BCUT2D eigenvalue weighted by molar-refractivity contribution is -0.166. The number of nitrogens with zero attached hydrogens (tertiary/aromatic N) is 1. The van der Waals surface area contributed by atoms with E-state index < -0.39 is 16.4 Å². The number of carbonyl (C=O) groups is 2. The summed E-state index contributed by atoms with van der Waals surface area (Å²) < 4.78 is 5.82. The fourth-order valence-electron chi connectivity index (χ4n) is 4.44. The molecule has 1 saturated carbocycles. The van der Waals surface area contributed by atoms with Crippen LogP contribution in [0.15, 0.2) is 60.7 Å². The zero-order valence-corrected chi connectivity index (χ0v) is 15.4. The predicted octanol–water partition coefficient (Wildman–Crippen LogP) is 4.47. The highest BCUT2D eigenvalue weighted by Gasteiger charge is 2.76. The molecule has 0 N–H and O–H groups in total. The first-order valence-electron chi connectivity index (χ1n) is 9.02. The van der Waals surface area contributed by atoms with E-state index in [1.807, 2.05) is 81.4 Å². The smallest absolute Gasteiger partial charge is 0.313 e. The molecule has 1 saturated heterocycles. The van der Waals surface area contributed by atoms with E-state index >= 15 is 0 Å². The van der Waals surface area contributed by atoms with Crippen molar-refractivity contribution >= 4 is 23.3 Å². The van der Waals surface area contributed by atoms with Crippen molar-refractivity contribution < 1.29 is 14.3 Å². The number of amides is 1. The molecule has 2 atom stereocenters. The molecule has 0 radical (unpaired) electrons. The van der Waals surface area contributed by atoms with Crippen LogP contribution >= 0.6 is 0 Å². The maximum Gasteiger partial charge on any atom is 0.313 e. The first-order chi connectivity index (χ1) is 12.3. The molecule has 2 aromatic rings. The summed E-state index contributed by atoms with van der Waals surface area (Å²) in [5.74, 6) is -0.433. The standard InChI is InChI=1S/C22H23NO3/c1-20(2)21(3)14-15-22(20,26-19(21)25)18(24)23(16-10-6-4-7-11-16)17-12-8-5-9-13-17/h4-13H,14-15H2,1-3H3/t21-,22+/m0/s1. The fraction of sp³-hybridized carbons (Fsp3) is 0.364. The minimum atomic E-state index is -1.13. The number of rotatable bonds is 3. The van der Waals surface area contributed by atoms with Crippen LogP contribution in [0.5, 0.6) is 0 Å². The van der Waals surface area contributed by atoms with E-state index in [0.717, 1.165) is 11.4 Å². The molecule has 0 unspecified atom stereocenters. The van der Waals surface area contributed by atoms with Gasteiger partial charge in [0.05, 0.1) is 5.41 Å². The van der Waals surface area contributed by atoms with Crippen molar-refractivity contribution in [3.8, 4) is 0 Å². The van der Waals surface area contributed by atoms with Crippen molar-refractivity contribution in [3.63, 3.8) is 0 Å². The van der Waals surface area contributed by atoms with Crippen molar-refractivity contribution in [2.45, 2.75) is 39.2 Å². The van der Waals surface area contributed by atoms with Crippen LogP contribution in [0.3, 0.4) is 0 Å². The number of carbonyl (C=O) groups excluding carboxylic acids is 2. The second-order valence-electron chi connectivity index (χ2n) is 7.99. The number of benzene rings is 2. The van der Waals surface area contributed by atoms with Gasteiger partial charge in [0.2, 0.25) is 0 Å². The Morgan fingerprint density at radius 2 is 1.38 bits per heavy atom. The van der Waals surface area contributed by atoms with Gasteiger partial charge in [0, 0.05) is 16.8 Å². The maximum absolute atomic E-state index is 13.9. The SMILES string of the molecule is CC1(C)[C@@]2(C)CC[C@]1(C(=O)N(c1ccccc1)c1ccccc1)OC2=O. The van der Waals surface area contributed by atoms with Crippen LogP contribution in [-0.4, -0.2) is 17.5 Å². The predicted molar refractivity (Wildman–Crippen MR) is 100.0 cm³/mol. The molecular weight excluding hydrogens is 326 g/mol. The number of fused-ring (bicyclic) bond motifs is 2. The van der Waals surface area contributed by atoms with Gasteiger partial charge in [-0.25, -0.2) is 0 Å². The van der Waals surface area contributed by atoms with Crippen molar-refractivity contribution in [2.24, 2.45) is 10.8 Å². The molecule has 0 spiro atoms. The van der Waals surface area contributed by atoms with Crippen LogP contribution in [0.25, 0.3) is 0 Å². The first-order valence-corrected chi connectivity index (χ1v) is 9.02. The molecule has 1 heterocycles. The van der Waals surface area contributed by atoms with Gasteiger partial charge in [-0.3, -0.25) is 14.5 Å². The lowest BCUT2D eigenvalue weighted by Gasteiger charge is -2.39. The number of esters is 1. The van der Waals surface area contributed by atoms with Crippen molar-refractivity contribution in [1.82, 2.24) is 0 Å². The average molecular weight is 349 g/mol. The van der Waals surface area contributed by atoms with Gasteiger partial charge in [0.25, 0.3) is 5.91 Å². The van der Waals surface area contributed by atoms with E-state index in [1.165, 1.54) is 0 Å². The molecule has 2 aromatic carbocycles. The Bertz CT molecular complexity index is 822. The third-order valence-corrected chi connectivity index (χ3v) is 6.66. The Balaban J connectivity index is 1.86. The Hall–Kier alpha value is -2.62. The van der Waals surface area contributed by atoms with Crippen LogP contribution in [0, 0.1) is 10.8 Å². The topological polar surface area (TPSA) is 46.6 Å². The molecule has 26 heavy (non-hydrogen) atoms. The van der Waals surface area contributed by atoms with E-state index in [4.69, 9.17) is 4.74 Å². The van der Waals surface area contributed by atoms with Crippen LogP contribution in [0.2, 0.25) is 0 Å². The van der Waals surface area contributed by atoms with Gasteiger partial charge in [-0.05, 0) is 44.0 Å². The quantitative estimate of drug-likeness (QED) is 0.768. The maximum atomic E-state index is 13.9. The number of hydrogen-bond acceptors (Lipinski definition) is 3. The molecule has 1 aliphatic carbocycles. The van der Waals surface area contributed by atoms with Gasteiger partial charge in [-0.15, -0.1) is 0 Å². The summed E-state index contributed by atoms with van der Waals surface area (Å²) in [5, 5.41) is 0. The Morgan fingerprint density at radius 3 is 1.77 bits per heavy atom. The normalized spacial score (nSPS) is 28.7. The third-order valence-electron chi connectivity index (χ3n) is 6.66. The summed E-state index contributed by atoms with van der Waals surface area (Å²) in [5.41, 5.74) is -0.793. The van der Waals surface area contributed by atoms with E-state index in [9.17, 15) is 9.59 Å².